The standard InChI is InChI=1S/C15H18N2O2S2/c1-12-9-13(16)11-15(10-12)21(18,19)17-7-8-20-14-5-3-2-4-6-14/h2-6,9-11,17H,7-8,16H2,1H3. The van der Waals surface area contributed by atoms with Crippen LogP contribution < -0.4 is 10.5 Å². The number of nitrogen functional groups attached to an aromatic ring is 1. The first-order valence-electron chi connectivity index (χ1n) is 6.52. The van der Waals surface area contributed by atoms with Crippen molar-refractivity contribution in [2.75, 3.05) is 18.0 Å². The Morgan fingerprint density at radius 2 is 1.86 bits per heavy atom. The lowest BCUT2D eigenvalue weighted by Gasteiger charge is -2.08. The lowest BCUT2D eigenvalue weighted by atomic mass is 10.2. The summed E-state index contributed by atoms with van der Waals surface area (Å²) in [4.78, 5) is 1.33. The largest absolute Gasteiger partial charge is 0.399 e. The van der Waals surface area contributed by atoms with Gasteiger partial charge in [-0.2, -0.15) is 0 Å². The highest BCUT2D eigenvalue weighted by Crippen LogP contribution is 2.18. The maximum atomic E-state index is 12.2. The first-order valence-corrected chi connectivity index (χ1v) is 8.99. The van der Waals surface area contributed by atoms with Crippen molar-refractivity contribution in [1.29, 1.82) is 0 Å². The molecule has 0 atom stereocenters. The lowest BCUT2D eigenvalue weighted by molar-refractivity contribution is 0.584. The molecule has 0 aliphatic rings. The molecule has 0 radical (unpaired) electrons. The van der Waals surface area contributed by atoms with Gasteiger partial charge in [-0.15, -0.1) is 11.8 Å². The molecule has 0 saturated carbocycles. The number of thioether (sulfide) groups is 1. The van der Waals surface area contributed by atoms with Crippen LogP contribution in [0.2, 0.25) is 0 Å². The smallest absolute Gasteiger partial charge is 0.240 e. The summed E-state index contributed by atoms with van der Waals surface area (Å²) in [5, 5.41) is 0. The number of aryl methyl sites for hydroxylation is 1. The highest BCUT2D eigenvalue weighted by molar-refractivity contribution is 7.99. The van der Waals surface area contributed by atoms with Gasteiger partial charge in [0.25, 0.3) is 0 Å². The van der Waals surface area contributed by atoms with Crippen LogP contribution in [0.25, 0.3) is 0 Å². The maximum absolute atomic E-state index is 12.2. The minimum atomic E-state index is -3.50. The second-order valence-corrected chi connectivity index (χ2v) is 7.57. The van der Waals surface area contributed by atoms with Crippen molar-refractivity contribution in [3.8, 4) is 0 Å². The fraction of sp³-hybridized carbons (Fsp3) is 0.200. The van der Waals surface area contributed by atoms with E-state index in [9.17, 15) is 8.42 Å². The van der Waals surface area contributed by atoms with E-state index in [0.717, 1.165) is 10.5 Å². The van der Waals surface area contributed by atoms with Crippen LogP contribution in [-0.4, -0.2) is 20.7 Å². The lowest BCUT2D eigenvalue weighted by Crippen LogP contribution is -2.26. The van der Waals surface area contributed by atoms with E-state index in [1.54, 1.807) is 23.9 Å². The van der Waals surface area contributed by atoms with E-state index in [1.807, 2.05) is 37.3 Å². The monoisotopic (exact) mass is 322 g/mol. The van der Waals surface area contributed by atoms with E-state index in [0.29, 0.717) is 18.0 Å². The average Bonchev–Trinajstić information content (AvgIpc) is 2.44. The van der Waals surface area contributed by atoms with Crippen molar-refractivity contribution < 1.29 is 8.42 Å². The Bertz CT molecular complexity index is 681. The van der Waals surface area contributed by atoms with Crippen LogP contribution >= 0.6 is 11.8 Å². The van der Waals surface area contributed by atoms with Crippen molar-refractivity contribution in [1.82, 2.24) is 4.72 Å². The molecule has 4 nitrogen and oxygen atoms in total. The molecule has 0 aliphatic heterocycles. The molecule has 0 fully saturated rings. The molecule has 2 aromatic carbocycles. The highest BCUT2D eigenvalue weighted by atomic mass is 32.2. The maximum Gasteiger partial charge on any atom is 0.240 e. The SMILES string of the molecule is Cc1cc(N)cc(S(=O)(=O)NCCSc2ccccc2)c1. The third-order valence-electron chi connectivity index (χ3n) is 2.79. The molecule has 0 bridgehead atoms. The summed E-state index contributed by atoms with van der Waals surface area (Å²) in [7, 11) is -3.50. The van der Waals surface area contributed by atoms with Gasteiger partial charge >= 0.3 is 0 Å². The quantitative estimate of drug-likeness (QED) is 0.487. The normalized spacial score (nSPS) is 11.5. The molecule has 0 heterocycles. The van der Waals surface area contributed by atoms with E-state index in [1.165, 1.54) is 6.07 Å². The molecule has 2 rings (SSSR count). The van der Waals surface area contributed by atoms with Gasteiger partial charge < -0.3 is 5.73 Å². The third-order valence-corrected chi connectivity index (χ3v) is 5.24. The topological polar surface area (TPSA) is 72.2 Å². The van der Waals surface area contributed by atoms with Gasteiger partial charge in [0.2, 0.25) is 10.0 Å². The molecule has 0 saturated heterocycles. The average molecular weight is 322 g/mol. The molecule has 0 aliphatic carbocycles. The van der Waals surface area contributed by atoms with Crippen molar-refractivity contribution in [3.05, 3.63) is 54.1 Å². The summed E-state index contributed by atoms with van der Waals surface area (Å²) in [6.07, 6.45) is 0. The Hall–Kier alpha value is -1.50. The van der Waals surface area contributed by atoms with Crippen molar-refractivity contribution >= 4 is 27.5 Å². The predicted molar refractivity (Wildman–Crippen MR) is 87.9 cm³/mol. The van der Waals surface area contributed by atoms with E-state index in [-0.39, 0.29) is 4.90 Å². The Kier molecular flexibility index (Phi) is 5.27. The summed E-state index contributed by atoms with van der Waals surface area (Å²) in [5.41, 5.74) is 6.97. The summed E-state index contributed by atoms with van der Waals surface area (Å²) >= 11 is 1.61. The molecule has 0 amide bonds. The van der Waals surface area contributed by atoms with Crippen LogP contribution in [-0.2, 0) is 10.0 Å². The van der Waals surface area contributed by atoms with Crippen LogP contribution in [0.15, 0.2) is 58.3 Å². The van der Waals surface area contributed by atoms with Gasteiger partial charge in [0.05, 0.1) is 4.90 Å². The second-order valence-electron chi connectivity index (χ2n) is 4.64. The fourth-order valence-corrected chi connectivity index (χ4v) is 3.97. The van der Waals surface area contributed by atoms with Gasteiger partial charge in [0, 0.05) is 22.9 Å². The van der Waals surface area contributed by atoms with E-state index < -0.39 is 10.0 Å². The van der Waals surface area contributed by atoms with Gasteiger partial charge in [-0.3, -0.25) is 0 Å². The number of sulfonamides is 1. The number of benzene rings is 2. The summed E-state index contributed by atoms with van der Waals surface area (Å²) in [6, 6.07) is 14.7. The number of nitrogens with one attached hydrogen (secondary N) is 1. The first-order chi connectivity index (χ1) is 9.97. The highest BCUT2D eigenvalue weighted by Gasteiger charge is 2.14. The summed E-state index contributed by atoms with van der Waals surface area (Å²) in [6.45, 7) is 2.19. The van der Waals surface area contributed by atoms with Crippen LogP contribution in [0.3, 0.4) is 0 Å². The fourth-order valence-electron chi connectivity index (χ4n) is 1.88. The molecule has 3 N–H and O–H groups in total. The zero-order chi connectivity index (χ0) is 15.3. The van der Waals surface area contributed by atoms with Gasteiger partial charge in [-0.25, -0.2) is 13.1 Å². The molecule has 21 heavy (non-hydrogen) atoms. The minimum Gasteiger partial charge on any atom is -0.399 e. The van der Waals surface area contributed by atoms with Gasteiger partial charge in [0.15, 0.2) is 0 Å². The van der Waals surface area contributed by atoms with Crippen LogP contribution in [0, 0.1) is 6.92 Å². The zero-order valence-corrected chi connectivity index (χ0v) is 13.4. The van der Waals surface area contributed by atoms with Crippen molar-refractivity contribution in [2.45, 2.75) is 16.7 Å². The summed E-state index contributed by atoms with van der Waals surface area (Å²) in [5.74, 6) is 0.671. The number of anilines is 1. The molecule has 0 spiro atoms. The first kappa shape index (κ1) is 15.9. The van der Waals surface area contributed by atoms with Crippen LogP contribution in [0.1, 0.15) is 5.56 Å². The number of rotatable bonds is 6. The molecular weight excluding hydrogens is 304 g/mol. The second kappa shape index (κ2) is 6.98. The zero-order valence-electron chi connectivity index (χ0n) is 11.7. The molecule has 112 valence electrons. The Morgan fingerprint density at radius 3 is 2.52 bits per heavy atom. The van der Waals surface area contributed by atoms with E-state index in [4.69, 9.17) is 5.73 Å². The van der Waals surface area contributed by atoms with Gasteiger partial charge in [-0.05, 0) is 42.8 Å². The van der Waals surface area contributed by atoms with Crippen LogP contribution in [0.5, 0.6) is 0 Å². The third kappa shape index (κ3) is 4.77. The minimum absolute atomic E-state index is 0.213. The van der Waals surface area contributed by atoms with Crippen LogP contribution in [0.4, 0.5) is 5.69 Å². The predicted octanol–water partition coefficient (Wildman–Crippen LogP) is 2.65. The van der Waals surface area contributed by atoms with E-state index in [2.05, 4.69) is 4.72 Å². The number of hydrogen-bond donors (Lipinski definition) is 2. The van der Waals surface area contributed by atoms with Gasteiger partial charge in [0.1, 0.15) is 0 Å². The molecule has 0 aromatic heterocycles. The Balaban J connectivity index is 1.92. The molecule has 6 heteroatoms. The molecular formula is C15H18N2O2S2. The summed E-state index contributed by atoms with van der Waals surface area (Å²) < 4.78 is 26.9. The van der Waals surface area contributed by atoms with Crippen molar-refractivity contribution in [3.63, 3.8) is 0 Å². The van der Waals surface area contributed by atoms with E-state index >= 15 is 0 Å². The van der Waals surface area contributed by atoms with Gasteiger partial charge in [-0.1, -0.05) is 18.2 Å². The molecule has 2 aromatic rings. The Morgan fingerprint density at radius 1 is 1.14 bits per heavy atom. The van der Waals surface area contributed by atoms with Crippen molar-refractivity contribution in [2.24, 2.45) is 0 Å². The number of hydrogen-bond acceptors (Lipinski definition) is 4. The molecule has 0 unspecified atom stereocenters. The number of nitrogens with two attached hydrogens (primary N) is 1. The Labute approximate surface area is 129 Å².